The van der Waals surface area contributed by atoms with E-state index in [0.717, 1.165) is 24.0 Å². The number of nitriles is 1. The van der Waals surface area contributed by atoms with Crippen molar-refractivity contribution in [2.45, 2.75) is 18.2 Å². The molecular weight excluding hydrogens is 557 g/mol. The topological polar surface area (TPSA) is 83.1 Å². The summed E-state index contributed by atoms with van der Waals surface area (Å²) in [6.07, 6.45) is -3.62. The summed E-state index contributed by atoms with van der Waals surface area (Å²) in [5, 5.41) is 25.4. The van der Waals surface area contributed by atoms with Gasteiger partial charge in [0, 0.05) is 12.6 Å². The van der Waals surface area contributed by atoms with Gasteiger partial charge >= 0.3 is 11.7 Å². The van der Waals surface area contributed by atoms with Crippen molar-refractivity contribution in [1.29, 1.82) is 5.26 Å². The molecule has 0 aliphatic carbocycles. The molecular formula is C21H16Cl2F6N4O2S. The number of ether oxygens (including phenoxy) is 1. The number of aromatic hydroxyl groups is 1. The molecule has 2 aromatic carbocycles. The highest BCUT2D eigenvalue weighted by Crippen LogP contribution is 2.38. The van der Waals surface area contributed by atoms with Crippen LogP contribution in [0, 0.1) is 11.3 Å². The molecule has 1 heterocycles. The van der Waals surface area contributed by atoms with Crippen molar-refractivity contribution in [3.05, 3.63) is 63.3 Å². The zero-order chi connectivity index (χ0) is 27.3. The van der Waals surface area contributed by atoms with E-state index in [1.807, 2.05) is 6.07 Å². The molecule has 0 amide bonds. The van der Waals surface area contributed by atoms with E-state index in [9.17, 15) is 36.7 Å². The van der Waals surface area contributed by atoms with Crippen LogP contribution in [0.5, 0.6) is 11.5 Å². The average Bonchev–Trinajstić information content (AvgIpc) is 3.20. The lowest BCUT2D eigenvalue weighted by Gasteiger charge is -2.15. The summed E-state index contributed by atoms with van der Waals surface area (Å²) in [4.78, 5) is 0. The highest BCUT2D eigenvalue weighted by molar-refractivity contribution is 7.99. The summed E-state index contributed by atoms with van der Waals surface area (Å²) >= 11 is 12.0. The van der Waals surface area contributed by atoms with Crippen LogP contribution in [-0.4, -0.2) is 33.8 Å². The van der Waals surface area contributed by atoms with Gasteiger partial charge in [-0.2, -0.15) is 36.7 Å². The highest BCUT2D eigenvalue weighted by Gasteiger charge is 2.32. The van der Waals surface area contributed by atoms with Gasteiger partial charge < -0.3 is 15.2 Å². The van der Waals surface area contributed by atoms with Crippen molar-refractivity contribution in [2.24, 2.45) is 0 Å². The maximum Gasteiger partial charge on any atom is 0.441 e. The zero-order valence-corrected chi connectivity index (χ0v) is 20.6. The average molecular weight is 573 g/mol. The minimum Gasteiger partial charge on any atom is -0.504 e. The largest absolute Gasteiger partial charge is 0.504 e. The SMILES string of the molecule is COc1cc(CNc2cc(C#N)nn2-c2c(Cl)cc(C(F)(F)F)cc2Cl)ccc1O.CSC(F)(F)F. The molecule has 0 fully saturated rings. The maximum atomic E-state index is 13.0. The standard InChI is InChI=1S/C19H13Cl2F3N4O2.C2H3F3S/c1-30-16-4-10(2-3-15(16)29)9-26-17-7-12(8-25)27-28(17)18-13(20)5-11(6-14(18)21)19(22,23)24;1-6-2(3,4)5/h2-7,26,29H,9H2,1H3;1H3. The third-order valence-electron chi connectivity index (χ3n) is 4.33. The molecule has 6 nitrogen and oxygen atoms in total. The van der Waals surface area contributed by atoms with Gasteiger partial charge in [0.1, 0.15) is 17.6 Å². The number of methoxy groups -OCH3 is 1. The summed E-state index contributed by atoms with van der Waals surface area (Å²) in [5.41, 5.74) is -4.31. The van der Waals surface area contributed by atoms with Crippen LogP contribution < -0.4 is 10.1 Å². The quantitative estimate of drug-likeness (QED) is 0.313. The monoisotopic (exact) mass is 572 g/mol. The minimum absolute atomic E-state index is 0.00128. The lowest BCUT2D eigenvalue weighted by molar-refractivity contribution is -0.137. The Labute approximate surface area is 215 Å². The van der Waals surface area contributed by atoms with Gasteiger partial charge in [0.2, 0.25) is 0 Å². The number of phenolic OH excluding ortho intramolecular Hbond substituents is 1. The Morgan fingerprint density at radius 1 is 1.11 bits per heavy atom. The van der Waals surface area contributed by atoms with E-state index in [0.29, 0.717) is 0 Å². The number of alkyl halides is 6. The molecule has 3 rings (SSSR count). The number of nitrogens with one attached hydrogen (secondary N) is 1. The zero-order valence-electron chi connectivity index (χ0n) is 18.3. The van der Waals surface area contributed by atoms with Crippen LogP contribution in [0.15, 0.2) is 36.4 Å². The van der Waals surface area contributed by atoms with Crippen LogP contribution in [0.3, 0.4) is 0 Å². The number of halogens is 8. The van der Waals surface area contributed by atoms with Gasteiger partial charge in [-0.15, -0.1) is 0 Å². The Bertz CT molecular complexity index is 1240. The smallest absolute Gasteiger partial charge is 0.441 e. The number of nitrogens with zero attached hydrogens (tertiary/aromatic N) is 3. The number of anilines is 1. The minimum atomic E-state index is -4.62. The van der Waals surface area contributed by atoms with Gasteiger partial charge in [-0.1, -0.05) is 41.0 Å². The fraction of sp³-hybridized carbons (Fsp3) is 0.238. The lowest BCUT2D eigenvalue weighted by atomic mass is 10.2. The van der Waals surface area contributed by atoms with Crippen molar-refractivity contribution in [3.63, 3.8) is 0 Å². The van der Waals surface area contributed by atoms with Crippen molar-refractivity contribution in [2.75, 3.05) is 18.7 Å². The Morgan fingerprint density at radius 2 is 1.69 bits per heavy atom. The fourth-order valence-corrected chi connectivity index (χ4v) is 3.34. The number of aromatic nitrogens is 2. The third kappa shape index (κ3) is 7.78. The Hall–Kier alpha value is -2.95. The molecule has 0 unspecified atom stereocenters. The molecule has 1 aromatic heterocycles. The molecule has 3 aromatic rings. The van der Waals surface area contributed by atoms with Crippen LogP contribution in [-0.2, 0) is 12.7 Å². The highest BCUT2D eigenvalue weighted by atomic mass is 35.5. The Balaban J connectivity index is 0.000000678. The van der Waals surface area contributed by atoms with Gasteiger partial charge in [0.05, 0.1) is 22.7 Å². The molecule has 0 saturated carbocycles. The normalized spacial score (nSPS) is 11.4. The summed E-state index contributed by atoms with van der Waals surface area (Å²) in [7, 11) is 1.41. The number of phenols is 1. The van der Waals surface area contributed by atoms with E-state index in [-0.39, 0.29) is 57.1 Å². The first-order chi connectivity index (χ1) is 16.7. The van der Waals surface area contributed by atoms with Crippen molar-refractivity contribution in [1.82, 2.24) is 9.78 Å². The molecule has 194 valence electrons. The van der Waals surface area contributed by atoms with Crippen molar-refractivity contribution >= 4 is 40.8 Å². The number of hydrogen-bond acceptors (Lipinski definition) is 6. The van der Waals surface area contributed by atoms with Gasteiger partial charge in [-0.25, -0.2) is 4.68 Å². The molecule has 0 saturated heterocycles. The van der Waals surface area contributed by atoms with E-state index < -0.39 is 17.2 Å². The van der Waals surface area contributed by atoms with E-state index in [1.165, 1.54) is 23.9 Å². The fourth-order valence-electron chi connectivity index (χ4n) is 2.69. The van der Waals surface area contributed by atoms with Crippen LogP contribution in [0.25, 0.3) is 5.69 Å². The molecule has 0 aliphatic rings. The molecule has 36 heavy (non-hydrogen) atoms. The first-order valence-electron chi connectivity index (χ1n) is 9.48. The van der Waals surface area contributed by atoms with Gasteiger partial charge in [0.15, 0.2) is 17.2 Å². The van der Waals surface area contributed by atoms with Crippen molar-refractivity contribution in [3.8, 4) is 23.3 Å². The van der Waals surface area contributed by atoms with Crippen LogP contribution in [0.2, 0.25) is 10.0 Å². The maximum absolute atomic E-state index is 13.0. The van der Waals surface area contributed by atoms with Gasteiger partial charge in [0.25, 0.3) is 0 Å². The predicted molar refractivity (Wildman–Crippen MR) is 125 cm³/mol. The number of thioether (sulfide) groups is 1. The summed E-state index contributed by atoms with van der Waals surface area (Å²) in [6, 6.07) is 9.46. The second kappa shape index (κ2) is 11.9. The van der Waals surface area contributed by atoms with E-state index >= 15 is 0 Å². The number of benzene rings is 2. The van der Waals surface area contributed by atoms with Gasteiger partial charge in [-0.05, 0) is 36.1 Å². The van der Waals surface area contributed by atoms with Gasteiger partial charge in [-0.3, -0.25) is 0 Å². The Kier molecular flexibility index (Phi) is 9.64. The first kappa shape index (κ1) is 29.3. The molecule has 0 atom stereocenters. The second-order valence-corrected chi connectivity index (χ2v) is 8.42. The predicted octanol–water partition coefficient (Wildman–Crippen LogP) is 7.27. The number of rotatable bonds is 5. The van der Waals surface area contributed by atoms with Crippen LogP contribution in [0.4, 0.5) is 32.2 Å². The molecule has 15 heteroatoms. The molecule has 0 spiro atoms. The summed E-state index contributed by atoms with van der Waals surface area (Å²) in [6.45, 7) is 0.225. The van der Waals surface area contributed by atoms with E-state index in [2.05, 4.69) is 10.4 Å². The lowest BCUT2D eigenvalue weighted by Crippen LogP contribution is -2.10. The number of hydrogen-bond donors (Lipinski definition) is 2. The summed E-state index contributed by atoms with van der Waals surface area (Å²) < 4.78 is 77.5. The second-order valence-electron chi connectivity index (χ2n) is 6.73. The van der Waals surface area contributed by atoms with Crippen LogP contribution >= 0.6 is 35.0 Å². The van der Waals surface area contributed by atoms with Crippen molar-refractivity contribution < 1.29 is 36.2 Å². The van der Waals surface area contributed by atoms with E-state index in [4.69, 9.17) is 27.9 Å². The summed E-state index contributed by atoms with van der Waals surface area (Å²) in [5.74, 6) is 0.526. The van der Waals surface area contributed by atoms with E-state index in [1.54, 1.807) is 12.1 Å². The Morgan fingerprint density at radius 3 is 2.17 bits per heavy atom. The molecule has 0 radical (unpaired) electrons. The molecule has 2 N–H and O–H groups in total. The molecule has 0 bridgehead atoms. The molecule has 0 aliphatic heterocycles. The van der Waals surface area contributed by atoms with Crippen LogP contribution in [0.1, 0.15) is 16.8 Å². The third-order valence-corrected chi connectivity index (χ3v) is 5.37. The first-order valence-corrected chi connectivity index (χ1v) is 11.5.